The topological polar surface area (TPSA) is 68.6 Å². The first-order chi connectivity index (χ1) is 14.3. The highest BCUT2D eigenvalue weighted by molar-refractivity contribution is 7.13. The Balaban J connectivity index is 1.22. The molecule has 1 aromatic carbocycles. The zero-order valence-corrected chi connectivity index (χ0v) is 16.9. The number of anilines is 1. The average molecular weight is 413 g/mol. The van der Waals surface area contributed by atoms with Crippen molar-refractivity contribution in [3.05, 3.63) is 42.0 Å². The van der Waals surface area contributed by atoms with E-state index < -0.39 is 0 Å². The standard InChI is InChI=1S/C21H24N4O3S/c26-21(23-20-22-8-13-29-20)24-9-4-16(5-10-24)28-19-3-1-2-18-17(19)6-11-25(18)15-7-12-27-14-15/h1-3,6,8,11,13,15-16H,4-5,7,9-10,12,14H2,(H,22,23,26). The summed E-state index contributed by atoms with van der Waals surface area (Å²) in [5.41, 5.74) is 1.19. The molecular weight excluding hydrogens is 388 g/mol. The summed E-state index contributed by atoms with van der Waals surface area (Å²) in [5.74, 6) is 0.922. The van der Waals surface area contributed by atoms with Crippen molar-refractivity contribution in [1.82, 2.24) is 14.5 Å². The largest absolute Gasteiger partial charge is 0.490 e. The third kappa shape index (κ3) is 3.82. The molecule has 0 saturated carbocycles. The van der Waals surface area contributed by atoms with Gasteiger partial charge in [-0.25, -0.2) is 9.78 Å². The van der Waals surface area contributed by atoms with Crippen LogP contribution in [0.15, 0.2) is 42.0 Å². The summed E-state index contributed by atoms with van der Waals surface area (Å²) in [6.45, 7) is 2.96. The molecule has 0 bridgehead atoms. The molecule has 3 aromatic rings. The van der Waals surface area contributed by atoms with Crippen LogP contribution in [0.25, 0.3) is 10.9 Å². The summed E-state index contributed by atoms with van der Waals surface area (Å²) in [6, 6.07) is 8.70. The summed E-state index contributed by atoms with van der Waals surface area (Å²) < 4.78 is 14.2. The van der Waals surface area contributed by atoms with Crippen molar-refractivity contribution in [2.75, 3.05) is 31.6 Å². The first kappa shape index (κ1) is 18.4. The SMILES string of the molecule is O=C(Nc1nccs1)N1CCC(Oc2cccc3c2ccn3C2CCOC2)CC1. The molecular formula is C21H24N4O3S. The Morgan fingerprint density at radius 1 is 1.24 bits per heavy atom. The van der Waals surface area contributed by atoms with Crippen molar-refractivity contribution >= 4 is 33.4 Å². The van der Waals surface area contributed by atoms with Crippen molar-refractivity contribution in [2.45, 2.75) is 31.4 Å². The number of rotatable bonds is 4. The molecule has 8 heteroatoms. The second-order valence-electron chi connectivity index (χ2n) is 7.50. The van der Waals surface area contributed by atoms with Crippen molar-refractivity contribution in [1.29, 1.82) is 0 Å². The molecule has 2 amide bonds. The van der Waals surface area contributed by atoms with E-state index in [1.54, 1.807) is 6.20 Å². The molecule has 2 aromatic heterocycles. The predicted molar refractivity (Wildman–Crippen MR) is 113 cm³/mol. The Morgan fingerprint density at radius 2 is 2.14 bits per heavy atom. The number of likely N-dealkylation sites (tertiary alicyclic amines) is 1. The molecule has 152 valence electrons. The second kappa shape index (κ2) is 8.04. The Bertz CT molecular complexity index is 973. The van der Waals surface area contributed by atoms with Crippen LogP contribution in [0.5, 0.6) is 5.75 Å². The number of fused-ring (bicyclic) bond motifs is 1. The van der Waals surface area contributed by atoms with Crippen molar-refractivity contribution in [3.8, 4) is 5.75 Å². The van der Waals surface area contributed by atoms with Gasteiger partial charge in [0.2, 0.25) is 0 Å². The van der Waals surface area contributed by atoms with Gasteiger partial charge in [-0.2, -0.15) is 0 Å². The predicted octanol–water partition coefficient (Wildman–Crippen LogP) is 4.13. The highest BCUT2D eigenvalue weighted by atomic mass is 32.1. The minimum absolute atomic E-state index is 0.0867. The molecule has 5 rings (SSSR count). The smallest absolute Gasteiger partial charge is 0.323 e. The molecule has 4 heterocycles. The Labute approximate surface area is 173 Å². The second-order valence-corrected chi connectivity index (χ2v) is 8.40. The lowest BCUT2D eigenvalue weighted by molar-refractivity contribution is 0.117. The van der Waals surface area contributed by atoms with Crippen LogP contribution in [-0.4, -0.2) is 52.9 Å². The first-order valence-corrected chi connectivity index (χ1v) is 11.0. The number of amides is 2. The first-order valence-electron chi connectivity index (χ1n) is 10.1. The van der Waals surface area contributed by atoms with Gasteiger partial charge in [-0.05, 0) is 24.6 Å². The normalized spacial score (nSPS) is 20.3. The number of piperidine rings is 1. The van der Waals surface area contributed by atoms with Gasteiger partial charge in [0.25, 0.3) is 0 Å². The van der Waals surface area contributed by atoms with E-state index in [4.69, 9.17) is 9.47 Å². The summed E-state index contributed by atoms with van der Waals surface area (Å²) in [5, 5.41) is 6.48. The van der Waals surface area contributed by atoms with Crippen LogP contribution in [-0.2, 0) is 4.74 Å². The van der Waals surface area contributed by atoms with Gasteiger partial charge >= 0.3 is 6.03 Å². The molecule has 0 spiro atoms. The maximum absolute atomic E-state index is 12.4. The van der Waals surface area contributed by atoms with Crippen molar-refractivity contribution in [2.24, 2.45) is 0 Å². The number of carbonyl (C=O) groups is 1. The van der Waals surface area contributed by atoms with E-state index in [1.807, 2.05) is 16.3 Å². The van der Waals surface area contributed by atoms with Crippen LogP contribution in [0.2, 0.25) is 0 Å². The van der Waals surface area contributed by atoms with Gasteiger partial charge in [0, 0.05) is 55.7 Å². The zero-order valence-electron chi connectivity index (χ0n) is 16.1. The molecule has 2 fully saturated rings. The lowest BCUT2D eigenvalue weighted by atomic mass is 10.1. The minimum atomic E-state index is -0.0867. The van der Waals surface area contributed by atoms with Crippen LogP contribution < -0.4 is 10.1 Å². The number of carbonyl (C=O) groups excluding carboxylic acids is 1. The fraction of sp³-hybridized carbons (Fsp3) is 0.429. The quantitative estimate of drug-likeness (QED) is 0.699. The molecule has 1 N–H and O–H groups in total. The minimum Gasteiger partial charge on any atom is -0.490 e. The molecule has 29 heavy (non-hydrogen) atoms. The van der Waals surface area contributed by atoms with Crippen LogP contribution >= 0.6 is 11.3 Å². The number of thiazole rings is 1. The summed E-state index contributed by atoms with van der Waals surface area (Å²) in [4.78, 5) is 18.3. The van der Waals surface area contributed by atoms with Crippen LogP contribution in [0.1, 0.15) is 25.3 Å². The average Bonchev–Trinajstić information content (AvgIpc) is 3.50. The Hall–Kier alpha value is -2.58. The van der Waals surface area contributed by atoms with E-state index in [1.165, 1.54) is 16.9 Å². The van der Waals surface area contributed by atoms with Gasteiger partial charge in [0.05, 0.1) is 18.2 Å². The maximum atomic E-state index is 12.4. The summed E-state index contributed by atoms with van der Waals surface area (Å²) >= 11 is 1.43. The Kier molecular flexibility index (Phi) is 5.12. The molecule has 2 saturated heterocycles. The highest BCUT2D eigenvalue weighted by Crippen LogP contribution is 2.32. The van der Waals surface area contributed by atoms with Crippen LogP contribution in [0.4, 0.5) is 9.93 Å². The molecule has 2 aliphatic heterocycles. The highest BCUT2D eigenvalue weighted by Gasteiger charge is 2.25. The molecule has 7 nitrogen and oxygen atoms in total. The molecule has 1 unspecified atom stereocenters. The van der Waals surface area contributed by atoms with Gasteiger partial charge in [0.15, 0.2) is 5.13 Å². The van der Waals surface area contributed by atoms with E-state index in [0.717, 1.165) is 43.6 Å². The number of hydrogen-bond donors (Lipinski definition) is 1. The monoisotopic (exact) mass is 412 g/mol. The number of ether oxygens (including phenoxy) is 2. The lowest BCUT2D eigenvalue weighted by Crippen LogP contribution is -2.43. The molecule has 0 radical (unpaired) electrons. The van der Waals surface area contributed by atoms with E-state index in [0.29, 0.717) is 24.3 Å². The van der Waals surface area contributed by atoms with Crippen molar-refractivity contribution in [3.63, 3.8) is 0 Å². The zero-order chi connectivity index (χ0) is 19.6. The van der Waals surface area contributed by atoms with Crippen LogP contribution in [0, 0.1) is 0 Å². The van der Waals surface area contributed by atoms with Gasteiger partial charge in [-0.1, -0.05) is 6.07 Å². The third-order valence-electron chi connectivity index (χ3n) is 5.69. The molecule has 2 aliphatic rings. The van der Waals surface area contributed by atoms with E-state index in [9.17, 15) is 4.79 Å². The van der Waals surface area contributed by atoms with E-state index >= 15 is 0 Å². The van der Waals surface area contributed by atoms with E-state index in [-0.39, 0.29) is 12.1 Å². The maximum Gasteiger partial charge on any atom is 0.323 e. The van der Waals surface area contributed by atoms with Gasteiger partial charge < -0.3 is 18.9 Å². The molecule has 1 atom stereocenters. The number of nitrogens with one attached hydrogen (secondary N) is 1. The fourth-order valence-corrected chi connectivity index (χ4v) is 4.65. The number of benzene rings is 1. The fourth-order valence-electron chi connectivity index (χ4n) is 4.13. The van der Waals surface area contributed by atoms with Crippen molar-refractivity contribution < 1.29 is 14.3 Å². The number of urea groups is 1. The number of aromatic nitrogens is 2. The van der Waals surface area contributed by atoms with Gasteiger partial charge in [-0.3, -0.25) is 5.32 Å². The summed E-state index contributed by atoms with van der Waals surface area (Å²) in [7, 11) is 0. The number of nitrogens with zero attached hydrogens (tertiary/aromatic N) is 3. The Morgan fingerprint density at radius 3 is 2.90 bits per heavy atom. The van der Waals surface area contributed by atoms with Crippen LogP contribution in [0.3, 0.4) is 0 Å². The lowest BCUT2D eigenvalue weighted by Gasteiger charge is -2.32. The van der Waals surface area contributed by atoms with Gasteiger partial charge in [-0.15, -0.1) is 11.3 Å². The number of hydrogen-bond acceptors (Lipinski definition) is 5. The van der Waals surface area contributed by atoms with Gasteiger partial charge in [0.1, 0.15) is 11.9 Å². The van der Waals surface area contributed by atoms with E-state index in [2.05, 4.69) is 39.3 Å². The summed E-state index contributed by atoms with van der Waals surface area (Å²) in [6.07, 6.45) is 6.63. The third-order valence-corrected chi connectivity index (χ3v) is 6.38. The molecule has 0 aliphatic carbocycles.